The number of thiophene rings is 1. The molecule has 8 nitrogen and oxygen atoms in total. The molecule has 3 heterocycles. The van der Waals surface area contributed by atoms with Gasteiger partial charge in [-0.05, 0) is 52.9 Å². The minimum Gasteiger partial charge on any atom is -0.450 e. The van der Waals surface area contributed by atoms with E-state index in [-0.39, 0.29) is 24.2 Å². The number of carboxylic acid groups (broad SMARTS) is 1. The van der Waals surface area contributed by atoms with E-state index in [2.05, 4.69) is 10.3 Å². The van der Waals surface area contributed by atoms with E-state index < -0.39 is 23.7 Å². The molecular formula is C19H15FIN3O5S. The van der Waals surface area contributed by atoms with E-state index in [4.69, 9.17) is 14.7 Å². The lowest BCUT2D eigenvalue weighted by atomic mass is 10.2. The Morgan fingerprint density at radius 2 is 2.23 bits per heavy atom. The molecule has 1 unspecified atom stereocenters. The van der Waals surface area contributed by atoms with Gasteiger partial charge in [0.2, 0.25) is 5.79 Å². The number of hydroxylamine groups is 2. The number of nitrogens with zero attached hydrogens (tertiary/aromatic N) is 2. The number of rotatable bonds is 4. The third-order valence-corrected chi connectivity index (χ3v) is 6.16. The Bertz CT molecular complexity index is 1160. The van der Waals surface area contributed by atoms with Crippen molar-refractivity contribution < 1.29 is 28.7 Å². The molecule has 0 aliphatic carbocycles. The quantitative estimate of drug-likeness (QED) is 0.354. The third-order valence-electron chi connectivity index (χ3n) is 4.46. The summed E-state index contributed by atoms with van der Waals surface area (Å²) in [6, 6.07) is 8.16. The van der Waals surface area contributed by atoms with Crippen LogP contribution < -0.4 is 5.32 Å². The van der Waals surface area contributed by atoms with Crippen LogP contribution in [-0.4, -0.2) is 39.5 Å². The van der Waals surface area contributed by atoms with Crippen LogP contribution in [0.15, 0.2) is 36.5 Å². The van der Waals surface area contributed by atoms with Crippen molar-refractivity contribution in [2.24, 2.45) is 0 Å². The van der Waals surface area contributed by atoms with Crippen LogP contribution in [0.1, 0.15) is 23.7 Å². The summed E-state index contributed by atoms with van der Waals surface area (Å²) in [6.07, 6.45) is 0.292. The second kappa shape index (κ2) is 7.96. The highest BCUT2D eigenvalue weighted by Gasteiger charge is 2.42. The van der Waals surface area contributed by atoms with Gasteiger partial charge in [-0.15, -0.1) is 0 Å². The van der Waals surface area contributed by atoms with E-state index in [0.29, 0.717) is 15.2 Å². The van der Waals surface area contributed by atoms with Crippen LogP contribution in [0.25, 0.3) is 10.2 Å². The summed E-state index contributed by atoms with van der Waals surface area (Å²) in [4.78, 5) is 34.6. The molecule has 0 spiro atoms. The van der Waals surface area contributed by atoms with Crippen molar-refractivity contribution in [3.8, 4) is 0 Å². The predicted octanol–water partition coefficient (Wildman–Crippen LogP) is 4.97. The number of carbonyl (C=O) groups is 2. The average Bonchev–Trinajstić information content (AvgIpc) is 3.23. The van der Waals surface area contributed by atoms with E-state index in [9.17, 15) is 14.0 Å². The molecule has 11 heteroatoms. The highest BCUT2D eigenvalue weighted by Crippen LogP contribution is 2.39. The molecular weight excluding hydrogens is 528 g/mol. The van der Waals surface area contributed by atoms with E-state index in [1.165, 1.54) is 24.3 Å². The zero-order valence-corrected chi connectivity index (χ0v) is 18.5. The second-order valence-corrected chi connectivity index (χ2v) is 8.91. The Balaban J connectivity index is 1.70. The van der Waals surface area contributed by atoms with Crippen LogP contribution >= 0.6 is 33.9 Å². The largest absolute Gasteiger partial charge is 0.508 e. The van der Waals surface area contributed by atoms with Gasteiger partial charge in [-0.2, -0.15) is 0 Å². The normalized spacial score (nSPS) is 18.6. The zero-order valence-electron chi connectivity index (χ0n) is 15.5. The number of pyridine rings is 1. The third kappa shape index (κ3) is 4.04. The maximum Gasteiger partial charge on any atom is 0.508 e. The van der Waals surface area contributed by atoms with Crippen molar-refractivity contribution in [2.45, 2.75) is 19.1 Å². The molecule has 3 aromatic rings. The van der Waals surface area contributed by atoms with Gasteiger partial charge in [-0.3, -0.25) is 4.79 Å². The van der Waals surface area contributed by atoms with Crippen molar-refractivity contribution in [3.63, 3.8) is 0 Å². The molecule has 2 N–H and O–H groups in total. The van der Waals surface area contributed by atoms with Gasteiger partial charge in [-0.25, -0.2) is 24.1 Å². The standard InChI is InChI=1S/C19H15FIN3O5S/c1-19(28-18(26)27)6-8-24(29-19)17(25)14-11-3-2-7-22-15(11)30-16(14)23-13-5-4-10(21)9-12(13)20/h2-5,7,9,23H,6,8H2,1H3,(H,26,27). The van der Waals surface area contributed by atoms with Crippen LogP contribution in [0.4, 0.5) is 19.9 Å². The average molecular weight is 543 g/mol. The summed E-state index contributed by atoms with van der Waals surface area (Å²) < 4.78 is 19.9. The van der Waals surface area contributed by atoms with Crippen LogP contribution in [0.3, 0.4) is 0 Å². The van der Waals surface area contributed by atoms with E-state index in [0.717, 1.165) is 8.63 Å². The first-order valence-corrected chi connectivity index (χ1v) is 10.7. The van der Waals surface area contributed by atoms with Crippen LogP contribution in [0, 0.1) is 9.39 Å². The van der Waals surface area contributed by atoms with Crippen LogP contribution in [0.2, 0.25) is 0 Å². The van der Waals surface area contributed by atoms with Crippen molar-refractivity contribution in [1.29, 1.82) is 0 Å². The Hall–Kier alpha value is -2.51. The summed E-state index contributed by atoms with van der Waals surface area (Å²) in [7, 11) is 0. The number of benzene rings is 1. The lowest BCUT2D eigenvalue weighted by Gasteiger charge is -2.23. The number of aromatic nitrogens is 1. The van der Waals surface area contributed by atoms with Crippen molar-refractivity contribution in [1.82, 2.24) is 10.0 Å². The summed E-state index contributed by atoms with van der Waals surface area (Å²) in [5.41, 5.74) is 0.484. The fourth-order valence-corrected chi connectivity index (χ4v) is 4.60. The summed E-state index contributed by atoms with van der Waals surface area (Å²) in [6.45, 7) is 1.58. The predicted molar refractivity (Wildman–Crippen MR) is 116 cm³/mol. The van der Waals surface area contributed by atoms with Crippen molar-refractivity contribution in [2.75, 3.05) is 11.9 Å². The number of amides is 1. The van der Waals surface area contributed by atoms with Gasteiger partial charge < -0.3 is 15.2 Å². The Labute approximate surface area is 187 Å². The molecule has 4 rings (SSSR count). The van der Waals surface area contributed by atoms with Crippen LogP contribution in [-0.2, 0) is 9.57 Å². The number of fused-ring (bicyclic) bond motifs is 1. The molecule has 1 saturated heterocycles. The molecule has 1 aliphatic heterocycles. The lowest BCUT2D eigenvalue weighted by Crippen LogP contribution is -2.35. The molecule has 2 aromatic heterocycles. The number of halogens is 2. The van der Waals surface area contributed by atoms with E-state index in [1.54, 1.807) is 30.5 Å². The molecule has 1 aromatic carbocycles. The fraction of sp³-hybridized carbons (Fsp3) is 0.211. The molecule has 0 saturated carbocycles. The lowest BCUT2D eigenvalue weighted by molar-refractivity contribution is -0.253. The van der Waals surface area contributed by atoms with Gasteiger partial charge in [0, 0.05) is 28.5 Å². The molecule has 30 heavy (non-hydrogen) atoms. The highest BCUT2D eigenvalue weighted by molar-refractivity contribution is 14.1. The monoisotopic (exact) mass is 543 g/mol. The number of hydrogen-bond donors (Lipinski definition) is 2. The number of hydrogen-bond acceptors (Lipinski definition) is 7. The summed E-state index contributed by atoms with van der Waals surface area (Å²) in [5.74, 6) is -2.41. The second-order valence-electron chi connectivity index (χ2n) is 6.66. The maximum atomic E-state index is 14.4. The summed E-state index contributed by atoms with van der Waals surface area (Å²) >= 11 is 3.22. The number of ether oxygens (including phenoxy) is 1. The molecule has 1 amide bonds. The van der Waals surface area contributed by atoms with E-state index in [1.807, 2.05) is 22.6 Å². The molecule has 0 bridgehead atoms. The minimum atomic E-state index is -1.49. The van der Waals surface area contributed by atoms with Gasteiger partial charge in [0.15, 0.2) is 0 Å². The topological polar surface area (TPSA) is 101 Å². The molecule has 1 aliphatic rings. The molecule has 156 valence electrons. The summed E-state index contributed by atoms with van der Waals surface area (Å²) in [5, 5.41) is 13.9. The van der Waals surface area contributed by atoms with Gasteiger partial charge in [0.05, 0.1) is 17.8 Å². The first kappa shape index (κ1) is 20.8. The fourth-order valence-electron chi connectivity index (χ4n) is 3.10. The number of nitrogens with one attached hydrogen (secondary N) is 1. The van der Waals surface area contributed by atoms with Crippen molar-refractivity contribution in [3.05, 3.63) is 51.5 Å². The molecule has 1 fully saturated rings. The van der Waals surface area contributed by atoms with Gasteiger partial charge in [0.25, 0.3) is 5.91 Å². The number of carbonyl (C=O) groups excluding carboxylic acids is 1. The SMILES string of the molecule is CC1(OC(=O)O)CCN(C(=O)c2c(Nc3ccc(I)cc3F)sc3ncccc23)O1. The van der Waals surface area contributed by atoms with Gasteiger partial charge in [-0.1, -0.05) is 11.3 Å². The smallest absolute Gasteiger partial charge is 0.450 e. The van der Waals surface area contributed by atoms with Gasteiger partial charge in [0.1, 0.15) is 15.6 Å². The maximum absolute atomic E-state index is 14.4. The van der Waals surface area contributed by atoms with E-state index >= 15 is 0 Å². The minimum absolute atomic E-state index is 0.136. The number of anilines is 2. The van der Waals surface area contributed by atoms with Crippen molar-refractivity contribution >= 4 is 66.9 Å². The molecule has 0 radical (unpaired) electrons. The first-order chi connectivity index (χ1) is 14.3. The Morgan fingerprint density at radius 1 is 1.43 bits per heavy atom. The Morgan fingerprint density at radius 3 is 2.97 bits per heavy atom. The van der Waals surface area contributed by atoms with Gasteiger partial charge >= 0.3 is 6.16 Å². The van der Waals surface area contributed by atoms with Crippen LogP contribution in [0.5, 0.6) is 0 Å². The Kier molecular flexibility index (Phi) is 5.51. The zero-order chi connectivity index (χ0) is 21.5. The molecule has 1 atom stereocenters. The highest BCUT2D eigenvalue weighted by atomic mass is 127. The first-order valence-electron chi connectivity index (χ1n) is 8.78.